The second-order valence-electron chi connectivity index (χ2n) is 8.30. The summed E-state index contributed by atoms with van der Waals surface area (Å²) < 4.78 is 22.7. The van der Waals surface area contributed by atoms with Crippen molar-refractivity contribution in [2.45, 2.75) is 13.0 Å². The molecule has 2 aromatic heterocycles. The number of anilines is 1. The zero-order chi connectivity index (χ0) is 27.1. The van der Waals surface area contributed by atoms with Gasteiger partial charge in [0.1, 0.15) is 17.1 Å². The quantitative estimate of drug-likeness (QED) is 0.205. The van der Waals surface area contributed by atoms with Crippen molar-refractivity contribution in [1.29, 1.82) is 0 Å². The van der Waals surface area contributed by atoms with Gasteiger partial charge in [-0.15, -0.1) is 0 Å². The Morgan fingerprint density at radius 2 is 1.95 bits per heavy atom. The molecule has 9 nitrogen and oxygen atoms in total. The van der Waals surface area contributed by atoms with Gasteiger partial charge in [-0.25, -0.2) is 9.78 Å². The van der Waals surface area contributed by atoms with E-state index in [-0.39, 0.29) is 39.0 Å². The van der Waals surface area contributed by atoms with Crippen molar-refractivity contribution in [3.8, 4) is 11.5 Å². The standard InChI is InChI=1S/C27H21BrN2O7S/c1-5-10-36-26(33)24-13(2)29-27(38-24)30-21(14-6-8-18(34-3)19(11-14)35-4)20-22(31)16-12-15(28)7-9-17(16)37-23(20)25(30)32/h5-9,11-12,21H,1,10H2,2-4H3. The molecule has 0 bridgehead atoms. The fourth-order valence-corrected chi connectivity index (χ4v) is 5.70. The topological polar surface area (TPSA) is 108 Å². The first kappa shape index (κ1) is 25.7. The van der Waals surface area contributed by atoms with Crippen LogP contribution in [0.15, 0.2) is 62.7 Å². The number of halogens is 1. The molecule has 3 heterocycles. The summed E-state index contributed by atoms with van der Waals surface area (Å²) in [7, 11) is 3.01. The summed E-state index contributed by atoms with van der Waals surface area (Å²) in [5.74, 6) is -0.320. The number of ether oxygens (including phenoxy) is 3. The Labute approximate surface area is 229 Å². The van der Waals surface area contributed by atoms with Gasteiger partial charge in [0, 0.05) is 4.47 Å². The maximum Gasteiger partial charge on any atom is 0.350 e. The van der Waals surface area contributed by atoms with E-state index in [1.807, 2.05) is 0 Å². The van der Waals surface area contributed by atoms with Gasteiger partial charge < -0.3 is 18.6 Å². The molecule has 0 N–H and O–H groups in total. The van der Waals surface area contributed by atoms with Gasteiger partial charge in [0.2, 0.25) is 5.76 Å². The summed E-state index contributed by atoms with van der Waals surface area (Å²) in [6.07, 6.45) is 1.46. The summed E-state index contributed by atoms with van der Waals surface area (Å²) in [6, 6.07) is 9.24. The number of amides is 1. The second kappa shape index (κ2) is 10.1. The van der Waals surface area contributed by atoms with E-state index in [0.717, 1.165) is 11.3 Å². The van der Waals surface area contributed by atoms with Crippen LogP contribution < -0.4 is 19.8 Å². The Morgan fingerprint density at radius 3 is 2.66 bits per heavy atom. The number of rotatable bonds is 7. The first-order valence-corrected chi connectivity index (χ1v) is 13.0. The normalized spacial score (nSPS) is 14.5. The summed E-state index contributed by atoms with van der Waals surface area (Å²) >= 11 is 4.39. The fourth-order valence-electron chi connectivity index (χ4n) is 4.36. The van der Waals surface area contributed by atoms with Gasteiger partial charge in [0.25, 0.3) is 5.91 Å². The number of fused-ring (bicyclic) bond motifs is 2. The summed E-state index contributed by atoms with van der Waals surface area (Å²) in [4.78, 5) is 46.4. The Morgan fingerprint density at radius 1 is 1.18 bits per heavy atom. The molecule has 0 radical (unpaired) electrons. The van der Waals surface area contributed by atoms with Gasteiger partial charge in [0.15, 0.2) is 22.1 Å². The van der Waals surface area contributed by atoms with E-state index < -0.39 is 17.9 Å². The molecule has 1 unspecified atom stereocenters. The molecule has 11 heteroatoms. The van der Waals surface area contributed by atoms with Crippen LogP contribution in [0.5, 0.6) is 11.5 Å². The number of carbonyl (C=O) groups excluding carboxylic acids is 2. The van der Waals surface area contributed by atoms with Crippen molar-refractivity contribution in [2.75, 3.05) is 25.7 Å². The van der Waals surface area contributed by atoms with Crippen LogP contribution in [0.1, 0.15) is 43.1 Å². The average Bonchev–Trinajstić information content (AvgIpc) is 3.44. The van der Waals surface area contributed by atoms with Crippen molar-refractivity contribution >= 4 is 55.2 Å². The zero-order valence-corrected chi connectivity index (χ0v) is 23.0. The maximum atomic E-state index is 13.8. The minimum absolute atomic E-state index is 0.0361. The highest BCUT2D eigenvalue weighted by molar-refractivity contribution is 9.10. The molecule has 5 rings (SSSR count). The first-order valence-electron chi connectivity index (χ1n) is 11.4. The lowest BCUT2D eigenvalue weighted by Crippen LogP contribution is -2.29. The number of methoxy groups -OCH3 is 2. The smallest absolute Gasteiger partial charge is 0.350 e. The largest absolute Gasteiger partial charge is 0.493 e. The second-order valence-corrected chi connectivity index (χ2v) is 10.2. The van der Waals surface area contributed by atoms with E-state index in [0.29, 0.717) is 32.6 Å². The van der Waals surface area contributed by atoms with Gasteiger partial charge >= 0.3 is 5.97 Å². The molecule has 0 fully saturated rings. The minimum atomic E-state index is -0.903. The van der Waals surface area contributed by atoms with Crippen LogP contribution in [0.25, 0.3) is 11.0 Å². The number of hydrogen-bond acceptors (Lipinski definition) is 9. The lowest BCUT2D eigenvalue weighted by atomic mass is 9.98. The van der Waals surface area contributed by atoms with E-state index in [9.17, 15) is 14.4 Å². The van der Waals surface area contributed by atoms with Crippen LogP contribution in [0.4, 0.5) is 5.13 Å². The van der Waals surface area contributed by atoms with Crippen LogP contribution >= 0.6 is 27.3 Å². The molecule has 194 valence electrons. The molecule has 1 aliphatic heterocycles. The van der Waals surface area contributed by atoms with E-state index in [1.54, 1.807) is 43.3 Å². The summed E-state index contributed by atoms with van der Waals surface area (Å²) in [5, 5.41) is 0.538. The Hall–Kier alpha value is -3.96. The van der Waals surface area contributed by atoms with Crippen LogP contribution in [-0.2, 0) is 4.74 Å². The zero-order valence-electron chi connectivity index (χ0n) is 20.6. The lowest BCUT2D eigenvalue weighted by Gasteiger charge is -2.23. The Kier molecular flexibility index (Phi) is 6.80. The number of nitrogens with zero attached hydrogens (tertiary/aromatic N) is 2. The fraction of sp³-hybridized carbons (Fsp3) is 0.185. The molecule has 0 saturated carbocycles. The number of benzene rings is 2. The average molecular weight is 597 g/mol. The molecule has 1 aliphatic rings. The predicted octanol–water partition coefficient (Wildman–Crippen LogP) is 5.43. The number of esters is 1. The molecule has 0 saturated heterocycles. The van der Waals surface area contributed by atoms with Gasteiger partial charge in [-0.1, -0.05) is 46.0 Å². The summed E-state index contributed by atoms with van der Waals surface area (Å²) in [6.45, 7) is 5.24. The highest BCUT2D eigenvalue weighted by Gasteiger charge is 2.45. The van der Waals surface area contributed by atoms with Crippen LogP contribution in [0.2, 0.25) is 0 Å². The molecule has 4 aromatic rings. The number of carbonyl (C=O) groups is 2. The monoisotopic (exact) mass is 596 g/mol. The highest BCUT2D eigenvalue weighted by Crippen LogP contribution is 2.45. The van der Waals surface area contributed by atoms with E-state index in [2.05, 4.69) is 27.5 Å². The molecule has 2 aromatic carbocycles. The molecule has 38 heavy (non-hydrogen) atoms. The van der Waals surface area contributed by atoms with Gasteiger partial charge in [-0.3, -0.25) is 14.5 Å². The third kappa shape index (κ3) is 4.17. The number of aryl methyl sites for hydroxylation is 1. The predicted molar refractivity (Wildman–Crippen MR) is 146 cm³/mol. The molecule has 1 atom stereocenters. The van der Waals surface area contributed by atoms with Crippen molar-refractivity contribution in [3.63, 3.8) is 0 Å². The Balaban J connectivity index is 1.74. The molecular formula is C27H21BrN2O7S. The lowest BCUT2D eigenvalue weighted by molar-refractivity contribution is 0.0554. The molecule has 0 spiro atoms. The maximum absolute atomic E-state index is 13.8. The van der Waals surface area contributed by atoms with E-state index in [4.69, 9.17) is 18.6 Å². The van der Waals surface area contributed by atoms with Crippen molar-refractivity contribution in [2.24, 2.45) is 0 Å². The molecular weight excluding hydrogens is 576 g/mol. The Bertz CT molecular complexity index is 1680. The van der Waals surface area contributed by atoms with Gasteiger partial charge in [-0.05, 0) is 42.8 Å². The van der Waals surface area contributed by atoms with E-state index >= 15 is 0 Å². The van der Waals surface area contributed by atoms with Crippen LogP contribution in [0.3, 0.4) is 0 Å². The SMILES string of the molecule is C=CCOC(=O)c1sc(N2C(=O)c3oc4ccc(Br)cc4c(=O)c3C2c2ccc(OC)c(OC)c2)nc1C. The number of thiazole rings is 1. The highest BCUT2D eigenvalue weighted by atomic mass is 79.9. The van der Waals surface area contributed by atoms with Crippen LogP contribution in [-0.4, -0.2) is 37.7 Å². The molecule has 0 aliphatic carbocycles. The van der Waals surface area contributed by atoms with Crippen molar-refractivity contribution in [3.05, 3.63) is 91.2 Å². The minimum Gasteiger partial charge on any atom is -0.493 e. The van der Waals surface area contributed by atoms with Gasteiger partial charge in [-0.2, -0.15) is 0 Å². The van der Waals surface area contributed by atoms with Crippen LogP contribution in [0, 0.1) is 6.92 Å². The summed E-state index contributed by atoms with van der Waals surface area (Å²) in [5.41, 5.74) is 1.05. The molecule has 1 amide bonds. The van der Waals surface area contributed by atoms with E-state index in [1.165, 1.54) is 25.2 Å². The van der Waals surface area contributed by atoms with Crippen molar-refractivity contribution < 1.29 is 28.2 Å². The third-order valence-electron chi connectivity index (χ3n) is 6.06. The van der Waals surface area contributed by atoms with Crippen molar-refractivity contribution in [1.82, 2.24) is 4.98 Å². The third-order valence-corrected chi connectivity index (χ3v) is 7.69. The van der Waals surface area contributed by atoms with Gasteiger partial charge in [0.05, 0.1) is 36.9 Å². The number of aromatic nitrogens is 1. The number of hydrogen-bond donors (Lipinski definition) is 0. The first-order chi connectivity index (χ1) is 18.3.